The molecule has 0 aliphatic heterocycles. The lowest BCUT2D eigenvalue weighted by molar-refractivity contribution is -0.405. The van der Waals surface area contributed by atoms with Gasteiger partial charge in [0.15, 0.2) is 0 Å². The van der Waals surface area contributed by atoms with Crippen molar-refractivity contribution in [3.05, 3.63) is 60.7 Å². The van der Waals surface area contributed by atoms with Crippen LogP contribution in [0.2, 0.25) is 0 Å². The number of benzene rings is 2. The summed E-state index contributed by atoms with van der Waals surface area (Å²) >= 11 is 0. The summed E-state index contributed by atoms with van der Waals surface area (Å²) in [5.41, 5.74) is 0. The van der Waals surface area contributed by atoms with E-state index < -0.39 is 37.5 Å². The zero-order valence-corrected chi connectivity index (χ0v) is 13.9. The lowest BCUT2D eigenvalue weighted by atomic mass is 10.3. The van der Waals surface area contributed by atoms with Gasteiger partial charge in [-0.05, 0) is 24.3 Å². The zero-order valence-electron chi connectivity index (χ0n) is 13.0. The zero-order chi connectivity index (χ0) is 20.3. The van der Waals surface area contributed by atoms with Gasteiger partial charge in [0.1, 0.15) is 11.5 Å². The fourth-order valence-corrected chi connectivity index (χ4v) is 2.91. The van der Waals surface area contributed by atoms with Crippen LogP contribution in [0.5, 0.6) is 11.5 Å². The van der Waals surface area contributed by atoms with E-state index in [9.17, 15) is 35.3 Å². The minimum absolute atomic E-state index is 0.428. The molecular weight excluding hydrogens is 408 g/mol. The van der Waals surface area contributed by atoms with E-state index in [2.05, 4.69) is 13.6 Å². The van der Waals surface area contributed by atoms with Gasteiger partial charge in [-0.2, -0.15) is 35.3 Å². The van der Waals surface area contributed by atoms with Crippen LogP contribution in [0.3, 0.4) is 0 Å². The molecule has 0 amide bonds. The van der Waals surface area contributed by atoms with Gasteiger partial charge in [0.2, 0.25) is 0 Å². The predicted molar refractivity (Wildman–Crippen MR) is 78.8 cm³/mol. The Morgan fingerprint density at radius 3 is 1.37 bits per heavy atom. The Morgan fingerprint density at radius 1 is 0.667 bits per heavy atom. The molecule has 0 saturated carbocycles. The van der Waals surface area contributed by atoms with Crippen molar-refractivity contribution in [2.24, 2.45) is 0 Å². The van der Waals surface area contributed by atoms with Crippen molar-refractivity contribution in [2.75, 3.05) is 0 Å². The Balaban J connectivity index is 2.38. The van der Waals surface area contributed by atoms with Crippen LogP contribution in [0.15, 0.2) is 60.7 Å². The lowest BCUT2D eigenvalue weighted by Crippen LogP contribution is -2.53. The smallest absolute Gasteiger partial charge is 0.395 e. The Kier molecular flexibility index (Phi) is 5.77. The number of hydrogen-bond donors (Lipinski definition) is 0. The molecule has 12 heteroatoms. The van der Waals surface area contributed by atoms with Gasteiger partial charge in [-0.25, -0.2) is 4.57 Å². The standard InChI is InChI=1S/C15H10F7O4P/c16-13(17,14(18,19)20)15(21,22)26-27(23,24-11-7-3-1-4-8-11)25-12-9-5-2-6-10-12/h1-10H. The number of para-hydroxylation sites is 2. The van der Waals surface area contributed by atoms with E-state index in [-0.39, 0.29) is 0 Å². The van der Waals surface area contributed by atoms with Crippen LogP contribution in [-0.2, 0) is 9.09 Å². The van der Waals surface area contributed by atoms with Gasteiger partial charge < -0.3 is 9.05 Å². The minimum atomic E-state index is -6.68. The van der Waals surface area contributed by atoms with Crippen LogP contribution in [0.1, 0.15) is 0 Å². The third-order valence-electron chi connectivity index (χ3n) is 2.87. The molecule has 0 spiro atoms. The summed E-state index contributed by atoms with van der Waals surface area (Å²) in [5, 5.41) is 0. The first-order chi connectivity index (χ1) is 12.4. The number of phosphoric acid groups is 1. The molecule has 4 nitrogen and oxygen atoms in total. The minimum Gasteiger partial charge on any atom is -0.395 e. The Morgan fingerprint density at radius 2 is 1.04 bits per heavy atom. The topological polar surface area (TPSA) is 44.8 Å². The highest BCUT2D eigenvalue weighted by Crippen LogP contribution is 2.58. The molecule has 2 aromatic rings. The number of hydrogen-bond acceptors (Lipinski definition) is 4. The van der Waals surface area contributed by atoms with Crippen molar-refractivity contribution in [3.8, 4) is 11.5 Å². The quantitative estimate of drug-likeness (QED) is 0.405. The molecule has 148 valence electrons. The molecule has 0 fully saturated rings. The predicted octanol–water partition coefficient (Wildman–Crippen LogP) is 6.06. The third-order valence-corrected chi connectivity index (χ3v) is 4.19. The first-order valence-electron chi connectivity index (χ1n) is 6.99. The van der Waals surface area contributed by atoms with E-state index in [1.807, 2.05) is 0 Å². The molecule has 0 aliphatic carbocycles. The van der Waals surface area contributed by atoms with E-state index in [1.165, 1.54) is 36.4 Å². The molecule has 0 atom stereocenters. The van der Waals surface area contributed by atoms with Gasteiger partial charge in [0.25, 0.3) is 0 Å². The van der Waals surface area contributed by atoms with Gasteiger partial charge in [-0.3, -0.25) is 0 Å². The van der Waals surface area contributed by atoms with Crippen LogP contribution < -0.4 is 9.05 Å². The summed E-state index contributed by atoms with van der Waals surface area (Å²) in [5.74, 6) is -7.51. The molecule has 2 rings (SSSR count). The van der Waals surface area contributed by atoms with Crippen LogP contribution in [0.4, 0.5) is 30.7 Å². The summed E-state index contributed by atoms with van der Waals surface area (Å²) in [6.07, 6.45) is -12.9. The van der Waals surface area contributed by atoms with Gasteiger partial charge in [-0.1, -0.05) is 36.4 Å². The summed E-state index contributed by atoms with van der Waals surface area (Å²) in [6.45, 7) is 0. The molecule has 0 saturated heterocycles. The second-order valence-corrected chi connectivity index (χ2v) is 6.38. The van der Waals surface area contributed by atoms with Crippen molar-refractivity contribution in [3.63, 3.8) is 0 Å². The molecule has 0 bridgehead atoms. The van der Waals surface area contributed by atoms with Crippen molar-refractivity contribution in [2.45, 2.75) is 18.2 Å². The Hall–Kier alpha value is -2.26. The third kappa shape index (κ3) is 4.92. The number of phosphoric ester groups is 1. The van der Waals surface area contributed by atoms with Gasteiger partial charge in [0.05, 0.1) is 0 Å². The van der Waals surface area contributed by atoms with E-state index in [0.29, 0.717) is 0 Å². The van der Waals surface area contributed by atoms with Crippen LogP contribution >= 0.6 is 7.82 Å². The molecule has 0 radical (unpaired) electrons. The summed E-state index contributed by atoms with van der Waals surface area (Å²) in [7, 11) is -5.68. The molecular formula is C15H10F7O4P. The number of halogens is 7. The van der Waals surface area contributed by atoms with Crippen LogP contribution in [0, 0.1) is 0 Å². The maximum atomic E-state index is 13.6. The van der Waals surface area contributed by atoms with Crippen molar-refractivity contribution < 1.29 is 48.9 Å². The lowest BCUT2D eigenvalue weighted by Gasteiger charge is -2.29. The van der Waals surface area contributed by atoms with E-state index in [4.69, 9.17) is 0 Å². The summed E-state index contributed by atoms with van der Waals surface area (Å²) in [6, 6.07) is 12.4. The molecule has 0 aliphatic rings. The average Bonchev–Trinajstić information content (AvgIpc) is 2.54. The fraction of sp³-hybridized carbons (Fsp3) is 0.200. The first-order valence-corrected chi connectivity index (χ1v) is 8.45. The molecule has 0 unspecified atom stereocenters. The molecule has 2 aromatic carbocycles. The molecule has 27 heavy (non-hydrogen) atoms. The van der Waals surface area contributed by atoms with Crippen molar-refractivity contribution in [1.29, 1.82) is 0 Å². The number of rotatable bonds is 7. The van der Waals surface area contributed by atoms with E-state index in [1.54, 1.807) is 0 Å². The second kappa shape index (κ2) is 7.40. The average molecular weight is 418 g/mol. The highest BCUT2D eigenvalue weighted by Gasteiger charge is 2.76. The maximum absolute atomic E-state index is 13.6. The maximum Gasteiger partial charge on any atom is 0.592 e. The number of alkyl halides is 7. The van der Waals surface area contributed by atoms with Gasteiger partial charge >= 0.3 is 26.0 Å². The first kappa shape index (κ1) is 21.0. The van der Waals surface area contributed by atoms with Gasteiger partial charge in [-0.15, -0.1) is 0 Å². The highest BCUT2D eigenvalue weighted by atomic mass is 31.2. The monoisotopic (exact) mass is 418 g/mol. The fourth-order valence-electron chi connectivity index (χ4n) is 1.64. The largest absolute Gasteiger partial charge is 0.592 e. The molecule has 0 N–H and O–H groups in total. The van der Waals surface area contributed by atoms with E-state index >= 15 is 0 Å². The SMILES string of the molecule is O=P(Oc1ccccc1)(Oc1ccccc1)OC(F)(F)C(F)(F)C(F)(F)F. The Bertz CT molecular complexity index is 751. The Labute approximate surface area is 148 Å². The van der Waals surface area contributed by atoms with Crippen molar-refractivity contribution >= 4 is 7.82 Å². The molecule has 0 heterocycles. The van der Waals surface area contributed by atoms with Crippen LogP contribution in [-0.4, -0.2) is 18.2 Å². The summed E-state index contributed by atoms with van der Waals surface area (Å²) in [4.78, 5) is 0. The van der Waals surface area contributed by atoms with Gasteiger partial charge in [0, 0.05) is 0 Å². The van der Waals surface area contributed by atoms with Crippen LogP contribution in [0.25, 0.3) is 0 Å². The highest BCUT2D eigenvalue weighted by molar-refractivity contribution is 7.49. The summed E-state index contributed by atoms with van der Waals surface area (Å²) < 4.78 is 115. The van der Waals surface area contributed by atoms with E-state index in [0.717, 1.165) is 24.3 Å². The normalized spacial score (nSPS) is 13.3. The van der Waals surface area contributed by atoms with Crippen molar-refractivity contribution in [1.82, 2.24) is 0 Å². The second-order valence-electron chi connectivity index (χ2n) is 4.94. The molecule has 0 aromatic heterocycles.